The van der Waals surface area contributed by atoms with Gasteiger partial charge in [0.1, 0.15) is 0 Å². The quantitative estimate of drug-likeness (QED) is 0.434. The van der Waals surface area contributed by atoms with E-state index < -0.39 is 0 Å². The first kappa shape index (κ1) is 17.8. The van der Waals surface area contributed by atoms with Gasteiger partial charge >= 0.3 is 0 Å². The van der Waals surface area contributed by atoms with Crippen LogP contribution in [0.2, 0.25) is 0 Å². The number of hydrogen-bond donors (Lipinski definition) is 0. The summed E-state index contributed by atoms with van der Waals surface area (Å²) < 4.78 is 0. The van der Waals surface area contributed by atoms with Gasteiger partial charge in [0.15, 0.2) is 0 Å². The summed E-state index contributed by atoms with van der Waals surface area (Å²) in [7, 11) is 0. The summed E-state index contributed by atoms with van der Waals surface area (Å²) in [6.07, 6.45) is 7.23. The van der Waals surface area contributed by atoms with E-state index in [1.807, 2.05) is 0 Å². The molecule has 3 aliphatic rings. The van der Waals surface area contributed by atoms with E-state index in [-0.39, 0.29) is 0 Å². The normalized spacial score (nSPS) is 44.6. The zero-order valence-electron chi connectivity index (χ0n) is 16.9. The van der Waals surface area contributed by atoms with Crippen LogP contribution >= 0.6 is 0 Å². The van der Waals surface area contributed by atoms with E-state index in [4.69, 9.17) is 0 Å². The lowest BCUT2D eigenvalue weighted by Gasteiger charge is -2.62. The molecule has 0 amide bonds. The van der Waals surface area contributed by atoms with Gasteiger partial charge in [-0.3, -0.25) is 0 Å². The molecule has 3 saturated carbocycles. The Morgan fingerprint density at radius 3 is 1.91 bits per heavy atom. The molecule has 3 rings (SSSR count). The number of rotatable bonds is 9. The second-order valence-electron chi connectivity index (χ2n) is 10.1. The molecule has 0 radical (unpaired) electrons. The predicted octanol–water partition coefficient (Wildman–Crippen LogP) is 6.90. The molecular weight excluding hydrogens is 276 g/mol. The summed E-state index contributed by atoms with van der Waals surface area (Å²) in [4.78, 5) is 0. The molecule has 3 fully saturated rings. The van der Waals surface area contributed by atoms with Crippen LogP contribution in [0.3, 0.4) is 0 Å². The van der Waals surface area contributed by atoms with Crippen molar-refractivity contribution in [1.29, 1.82) is 0 Å². The van der Waals surface area contributed by atoms with Crippen LogP contribution in [0.25, 0.3) is 0 Å². The Bertz CT molecular complexity index is 397. The summed E-state index contributed by atoms with van der Waals surface area (Å²) in [6.45, 7) is 17.3. The highest BCUT2D eigenvalue weighted by atomic mass is 14.8. The van der Waals surface area contributed by atoms with Crippen LogP contribution in [0.4, 0.5) is 0 Å². The SMILES string of the molecule is CCCC1C(C(C)C(C)C(C)CCC(C)C)C2C1C1C(CC)C12. The summed E-state index contributed by atoms with van der Waals surface area (Å²) >= 11 is 0. The van der Waals surface area contributed by atoms with Gasteiger partial charge in [0.2, 0.25) is 0 Å². The Kier molecular flexibility index (Phi) is 5.20. The van der Waals surface area contributed by atoms with Gasteiger partial charge in [0.05, 0.1) is 0 Å². The molecule has 3 aliphatic carbocycles. The third kappa shape index (κ3) is 2.81. The Morgan fingerprint density at radius 1 is 0.739 bits per heavy atom. The van der Waals surface area contributed by atoms with E-state index in [0.717, 1.165) is 53.3 Å². The molecule has 0 heteroatoms. The molecule has 134 valence electrons. The topological polar surface area (TPSA) is 0 Å². The van der Waals surface area contributed by atoms with E-state index in [0.29, 0.717) is 0 Å². The van der Waals surface area contributed by atoms with Crippen LogP contribution in [0, 0.1) is 65.1 Å². The highest BCUT2D eigenvalue weighted by molar-refractivity contribution is 5.24. The molecule has 0 N–H and O–H groups in total. The van der Waals surface area contributed by atoms with Gasteiger partial charge in [-0.15, -0.1) is 0 Å². The molecular formula is C23H42. The summed E-state index contributed by atoms with van der Waals surface area (Å²) in [5, 5.41) is 0. The van der Waals surface area contributed by atoms with Crippen molar-refractivity contribution in [3.63, 3.8) is 0 Å². The standard InChI is InChI=1S/C23H42/c1-8-10-18-19(23-21-17(9-2)20(21)22(18)23)16(7)15(6)14(5)12-11-13(3)4/h13-23H,8-12H2,1-7H3. The van der Waals surface area contributed by atoms with Gasteiger partial charge in [-0.2, -0.15) is 0 Å². The molecule has 0 spiro atoms. The van der Waals surface area contributed by atoms with Crippen molar-refractivity contribution < 1.29 is 0 Å². The number of fused-ring (bicyclic) bond motifs is 4. The van der Waals surface area contributed by atoms with Crippen molar-refractivity contribution in [2.45, 2.75) is 80.6 Å². The summed E-state index contributed by atoms with van der Waals surface area (Å²) in [6, 6.07) is 0. The maximum absolute atomic E-state index is 2.62. The van der Waals surface area contributed by atoms with Crippen molar-refractivity contribution >= 4 is 0 Å². The average Bonchev–Trinajstić information content (AvgIpc) is 3.12. The molecule has 0 aliphatic heterocycles. The molecule has 0 bridgehead atoms. The van der Waals surface area contributed by atoms with Crippen molar-refractivity contribution in [2.75, 3.05) is 0 Å². The largest absolute Gasteiger partial charge is 0.0654 e. The highest BCUT2D eigenvalue weighted by Crippen LogP contribution is 2.81. The Balaban J connectivity index is 1.60. The second kappa shape index (κ2) is 6.72. The maximum atomic E-state index is 2.62. The maximum Gasteiger partial charge on any atom is -0.0312 e. The molecule has 0 nitrogen and oxygen atoms in total. The molecule has 0 aromatic rings. The van der Waals surface area contributed by atoms with Crippen LogP contribution in [-0.4, -0.2) is 0 Å². The lowest BCUT2D eigenvalue weighted by atomic mass is 9.42. The third-order valence-corrected chi connectivity index (χ3v) is 8.69. The third-order valence-electron chi connectivity index (χ3n) is 8.69. The number of hydrogen-bond acceptors (Lipinski definition) is 0. The van der Waals surface area contributed by atoms with Crippen molar-refractivity contribution in [1.82, 2.24) is 0 Å². The Labute approximate surface area is 146 Å². The lowest BCUT2D eigenvalue weighted by molar-refractivity contribution is -0.152. The fourth-order valence-electron chi connectivity index (χ4n) is 7.09. The van der Waals surface area contributed by atoms with E-state index >= 15 is 0 Å². The minimum absolute atomic E-state index is 0.866. The smallest absolute Gasteiger partial charge is 0.0312 e. The van der Waals surface area contributed by atoms with Crippen molar-refractivity contribution in [3.05, 3.63) is 0 Å². The van der Waals surface area contributed by atoms with E-state index in [9.17, 15) is 0 Å². The average molecular weight is 319 g/mol. The minimum atomic E-state index is 0.866. The fraction of sp³-hybridized carbons (Fsp3) is 1.00. The van der Waals surface area contributed by atoms with Gasteiger partial charge in [0.25, 0.3) is 0 Å². The Morgan fingerprint density at radius 2 is 1.35 bits per heavy atom. The summed E-state index contributed by atoms with van der Waals surface area (Å²) in [5.74, 6) is 11.6. The van der Waals surface area contributed by atoms with Crippen LogP contribution in [-0.2, 0) is 0 Å². The first-order valence-corrected chi connectivity index (χ1v) is 10.9. The van der Waals surface area contributed by atoms with Gasteiger partial charge in [-0.05, 0) is 65.1 Å². The first-order valence-electron chi connectivity index (χ1n) is 10.9. The van der Waals surface area contributed by atoms with Crippen molar-refractivity contribution in [3.8, 4) is 0 Å². The zero-order chi connectivity index (χ0) is 16.9. The van der Waals surface area contributed by atoms with Crippen molar-refractivity contribution in [2.24, 2.45) is 65.1 Å². The zero-order valence-corrected chi connectivity index (χ0v) is 16.9. The Hall–Kier alpha value is 0. The molecule has 0 aromatic heterocycles. The fourth-order valence-corrected chi connectivity index (χ4v) is 7.09. The van der Waals surface area contributed by atoms with Gasteiger partial charge in [-0.25, -0.2) is 0 Å². The van der Waals surface area contributed by atoms with E-state index in [1.165, 1.54) is 43.9 Å². The van der Waals surface area contributed by atoms with E-state index in [1.54, 1.807) is 0 Å². The highest BCUT2D eigenvalue weighted by Gasteiger charge is 2.77. The van der Waals surface area contributed by atoms with Gasteiger partial charge in [-0.1, -0.05) is 80.6 Å². The monoisotopic (exact) mass is 318 g/mol. The lowest BCUT2D eigenvalue weighted by Crippen LogP contribution is -2.58. The van der Waals surface area contributed by atoms with Gasteiger partial charge < -0.3 is 0 Å². The minimum Gasteiger partial charge on any atom is -0.0654 e. The van der Waals surface area contributed by atoms with Gasteiger partial charge in [0, 0.05) is 0 Å². The molecule has 0 aromatic carbocycles. The van der Waals surface area contributed by atoms with Crippen LogP contribution in [0.5, 0.6) is 0 Å². The molecule has 0 heterocycles. The molecule has 0 saturated heterocycles. The summed E-state index contributed by atoms with van der Waals surface area (Å²) in [5.41, 5.74) is 0. The molecule has 10 atom stereocenters. The van der Waals surface area contributed by atoms with Crippen LogP contribution < -0.4 is 0 Å². The first-order chi connectivity index (χ1) is 10.9. The molecule has 23 heavy (non-hydrogen) atoms. The molecule has 10 unspecified atom stereocenters. The second-order valence-corrected chi connectivity index (χ2v) is 10.1. The van der Waals surface area contributed by atoms with E-state index in [2.05, 4.69) is 48.5 Å². The van der Waals surface area contributed by atoms with Crippen LogP contribution in [0.15, 0.2) is 0 Å². The predicted molar refractivity (Wildman–Crippen MR) is 101 cm³/mol. The van der Waals surface area contributed by atoms with Crippen LogP contribution in [0.1, 0.15) is 80.6 Å².